The maximum Gasteiger partial charge on any atom is 0.270 e. The molecule has 9 nitrogen and oxygen atoms in total. The summed E-state index contributed by atoms with van der Waals surface area (Å²) in [5.74, 6) is 0.972. The van der Waals surface area contributed by atoms with E-state index in [9.17, 15) is 14.7 Å². The molecule has 0 amide bonds. The summed E-state index contributed by atoms with van der Waals surface area (Å²) in [6, 6.07) is 10.7. The molecule has 34 heavy (non-hydrogen) atoms. The number of para-hydroxylation sites is 1. The summed E-state index contributed by atoms with van der Waals surface area (Å²) in [6.07, 6.45) is 0.805. The molecular weight excluding hydrogens is 438 g/mol. The molecular formula is C25H25N3O6. The van der Waals surface area contributed by atoms with Crippen molar-refractivity contribution in [1.29, 1.82) is 0 Å². The first kappa shape index (κ1) is 21.7. The second-order valence-electron chi connectivity index (χ2n) is 8.36. The molecule has 2 aliphatic rings. The molecule has 0 radical (unpaired) electrons. The first-order chi connectivity index (χ1) is 16.5. The Morgan fingerprint density at radius 3 is 2.41 bits per heavy atom. The van der Waals surface area contributed by atoms with Crippen LogP contribution in [0.4, 0.5) is 5.82 Å². The lowest BCUT2D eigenvalue weighted by atomic mass is 9.72. The van der Waals surface area contributed by atoms with E-state index in [1.165, 1.54) is 7.11 Å². The Bertz CT molecular complexity index is 1370. The van der Waals surface area contributed by atoms with Crippen molar-refractivity contribution in [2.24, 2.45) is 0 Å². The van der Waals surface area contributed by atoms with Crippen LogP contribution in [0.25, 0.3) is 0 Å². The van der Waals surface area contributed by atoms with Crippen LogP contribution in [-0.2, 0) is 4.79 Å². The van der Waals surface area contributed by atoms with E-state index in [1.807, 2.05) is 18.2 Å². The number of hydrogen-bond donors (Lipinski definition) is 4. The quantitative estimate of drug-likeness (QED) is 0.457. The zero-order chi connectivity index (χ0) is 24.0. The Morgan fingerprint density at radius 2 is 1.68 bits per heavy atom. The van der Waals surface area contributed by atoms with E-state index < -0.39 is 5.92 Å². The number of nitrogens with one attached hydrogen (secondary N) is 3. The van der Waals surface area contributed by atoms with Gasteiger partial charge in [-0.1, -0.05) is 18.2 Å². The van der Waals surface area contributed by atoms with Crippen molar-refractivity contribution in [2.45, 2.75) is 24.7 Å². The van der Waals surface area contributed by atoms with Gasteiger partial charge in [-0.25, -0.2) is 0 Å². The molecule has 9 heteroatoms. The number of aromatic amines is 2. The maximum absolute atomic E-state index is 13.6. The normalized spacial score (nSPS) is 19.2. The standard InChI is InChI=1S/C25H25N3O6/c1-32-17-8-7-12(11-19(17)34-3)13-9-15-21(16(29)10-13)20(22-24(26-15)27-28-25(22)31)14-5-4-6-18(33-2)23(14)30/h4-8,11,13,20,30H,9-10H2,1-3H3,(H3,26,27,28,31)/t13-,20+/m1/s1. The predicted octanol–water partition coefficient (Wildman–Crippen LogP) is 3.39. The summed E-state index contributed by atoms with van der Waals surface area (Å²) in [5.41, 5.74) is 2.60. The third-order valence-electron chi connectivity index (χ3n) is 6.62. The van der Waals surface area contributed by atoms with Gasteiger partial charge in [0.05, 0.1) is 32.8 Å². The molecule has 0 fully saturated rings. The number of fused-ring (bicyclic) bond motifs is 1. The number of aromatic nitrogens is 2. The van der Waals surface area contributed by atoms with Crippen molar-refractivity contribution in [3.63, 3.8) is 0 Å². The summed E-state index contributed by atoms with van der Waals surface area (Å²) >= 11 is 0. The van der Waals surface area contributed by atoms with Crippen LogP contribution in [-0.4, -0.2) is 42.4 Å². The molecule has 0 bridgehead atoms. The van der Waals surface area contributed by atoms with Crippen LogP contribution >= 0.6 is 0 Å². The highest BCUT2D eigenvalue weighted by Crippen LogP contribution is 2.49. The Balaban J connectivity index is 1.62. The number of phenols is 1. The highest BCUT2D eigenvalue weighted by molar-refractivity contribution is 6.01. The van der Waals surface area contributed by atoms with Crippen LogP contribution in [0.15, 0.2) is 52.5 Å². The highest BCUT2D eigenvalue weighted by Gasteiger charge is 2.41. The van der Waals surface area contributed by atoms with Crippen LogP contribution in [0.2, 0.25) is 0 Å². The Labute approximate surface area is 195 Å². The van der Waals surface area contributed by atoms with E-state index in [2.05, 4.69) is 15.5 Å². The minimum atomic E-state index is -0.727. The lowest BCUT2D eigenvalue weighted by molar-refractivity contribution is -0.116. The zero-order valence-electron chi connectivity index (χ0n) is 19.0. The fourth-order valence-electron chi connectivity index (χ4n) is 5.01. The number of rotatable bonds is 5. The van der Waals surface area contributed by atoms with Crippen LogP contribution in [0.5, 0.6) is 23.0 Å². The Hall–Kier alpha value is -4.14. The largest absolute Gasteiger partial charge is 0.504 e. The Kier molecular flexibility index (Phi) is 5.31. The molecule has 4 N–H and O–H groups in total. The van der Waals surface area contributed by atoms with Crippen LogP contribution in [0.1, 0.15) is 41.4 Å². The summed E-state index contributed by atoms with van der Waals surface area (Å²) < 4.78 is 16.0. The number of hydrogen-bond acceptors (Lipinski definition) is 7. The molecule has 1 aliphatic heterocycles. The van der Waals surface area contributed by atoms with Crippen LogP contribution in [0.3, 0.4) is 0 Å². The number of allylic oxidation sites excluding steroid dienone is 2. The van der Waals surface area contributed by atoms with Crippen LogP contribution in [0, 0.1) is 0 Å². The van der Waals surface area contributed by atoms with Gasteiger partial charge >= 0.3 is 0 Å². The third-order valence-corrected chi connectivity index (χ3v) is 6.62. The lowest BCUT2D eigenvalue weighted by Crippen LogP contribution is -2.31. The first-order valence-corrected chi connectivity index (χ1v) is 10.9. The second-order valence-corrected chi connectivity index (χ2v) is 8.36. The van der Waals surface area contributed by atoms with E-state index >= 15 is 0 Å². The number of carbonyl (C=O) groups is 1. The fourth-order valence-corrected chi connectivity index (χ4v) is 5.01. The van der Waals surface area contributed by atoms with Gasteiger partial charge in [-0.05, 0) is 36.1 Å². The zero-order valence-corrected chi connectivity index (χ0v) is 19.0. The predicted molar refractivity (Wildman–Crippen MR) is 125 cm³/mol. The van der Waals surface area contributed by atoms with Gasteiger partial charge in [0, 0.05) is 23.3 Å². The highest BCUT2D eigenvalue weighted by atomic mass is 16.5. The summed E-state index contributed by atoms with van der Waals surface area (Å²) in [5, 5.41) is 19.6. The average Bonchev–Trinajstić information content (AvgIpc) is 3.22. The van der Waals surface area contributed by atoms with Gasteiger partial charge in [-0.2, -0.15) is 0 Å². The molecule has 3 aromatic rings. The average molecular weight is 463 g/mol. The van der Waals surface area contributed by atoms with Gasteiger partial charge in [0.25, 0.3) is 5.56 Å². The number of H-pyrrole nitrogens is 2. The SMILES string of the molecule is COc1ccc([C@H]2CC(=O)C3=C(C2)Nc2[nH][nH]c(=O)c2[C@H]3c2cccc(OC)c2O)cc1OC. The maximum atomic E-state index is 13.6. The van der Waals surface area contributed by atoms with E-state index in [1.54, 1.807) is 32.4 Å². The van der Waals surface area contributed by atoms with E-state index in [4.69, 9.17) is 14.2 Å². The van der Waals surface area contributed by atoms with E-state index in [0.29, 0.717) is 46.1 Å². The van der Waals surface area contributed by atoms with Crippen molar-refractivity contribution in [3.05, 3.63) is 74.7 Å². The van der Waals surface area contributed by atoms with Gasteiger partial charge in [0.1, 0.15) is 5.82 Å². The van der Waals surface area contributed by atoms with Crippen LogP contribution < -0.4 is 25.1 Å². The molecule has 2 heterocycles. The van der Waals surface area contributed by atoms with Gasteiger partial charge in [-0.15, -0.1) is 0 Å². The van der Waals surface area contributed by atoms with Gasteiger partial charge in [-0.3, -0.25) is 19.8 Å². The number of ketones is 1. The first-order valence-electron chi connectivity index (χ1n) is 10.9. The number of anilines is 1. The summed E-state index contributed by atoms with van der Waals surface area (Å²) in [7, 11) is 4.61. The minimum Gasteiger partial charge on any atom is -0.504 e. The van der Waals surface area contributed by atoms with E-state index in [0.717, 1.165) is 5.56 Å². The number of aromatic hydroxyl groups is 1. The molecule has 0 unspecified atom stereocenters. The van der Waals surface area contributed by atoms with E-state index in [-0.39, 0.29) is 35.2 Å². The van der Waals surface area contributed by atoms with Crippen molar-refractivity contribution in [2.75, 3.05) is 26.6 Å². The molecule has 5 rings (SSSR count). The number of benzene rings is 2. The second kappa shape index (κ2) is 8.33. The molecule has 1 aliphatic carbocycles. The molecule has 1 aromatic heterocycles. The topological polar surface area (TPSA) is 126 Å². The van der Waals surface area contributed by atoms with Gasteiger partial charge < -0.3 is 24.6 Å². The smallest absolute Gasteiger partial charge is 0.270 e. The number of Topliss-reactive ketones (excluding diaryl/α,β-unsaturated/α-hetero) is 1. The molecule has 0 saturated heterocycles. The number of methoxy groups -OCH3 is 3. The molecule has 2 aromatic carbocycles. The number of carbonyl (C=O) groups excluding carboxylic acids is 1. The molecule has 176 valence electrons. The molecule has 0 spiro atoms. The Morgan fingerprint density at radius 1 is 0.912 bits per heavy atom. The lowest BCUT2D eigenvalue weighted by Gasteiger charge is -2.35. The van der Waals surface area contributed by atoms with Crippen molar-refractivity contribution in [1.82, 2.24) is 10.2 Å². The summed E-state index contributed by atoms with van der Waals surface area (Å²) in [4.78, 5) is 26.3. The number of ether oxygens (including phenoxy) is 3. The van der Waals surface area contributed by atoms with Gasteiger partial charge in [0.15, 0.2) is 28.8 Å². The third kappa shape index (κ3) is 3.32. The molecule has 0 saturated carbocycles. The minimum absolute atomic E-state index is 0.0907. The monoisotopic (exact) mass is 463 g/mol. The number of phenolic OH excluding ortho intramolecular Hbond substituents is 1. The summed E-state index contributed by atoms with van der Waals surface area (Å²) in [6.45, 7) is 0. The fraction of sp³-hybridized carbons (Fsp3) is 0.280. The van der Waals surface area contributed by atoms with Crippen molar-refractivity contribution < 1.29 is 24.1 Å². The van der Waals surface area contributed by atoms with Crippen molar-refractivity contribution in [3.8, 4) is 23.0 Å². The van der Waals surface area contributed by atoms with Crippen molar-refractivity contribution >= 4 is 11.6 Å². The van der Waals surface area contributed by atoms with Gasteiger partial charge in [0.2, 0.25) is 0 Å². The molecule has 2 atom stereocenters.